The van der Waals surface area contributed by atoms with Crippen LogP contribution in [0.15, 0.2) is 18.3 Å². The van der Waals surface area contributed by atoms with E-state index in [0.717, 1.165) is 63.1 Å². The SMILES string of the molecule is CN1CCN(c2cc(CNC(=O)NCCCOCC3CC3)ccn2)CC1. The minimum absolute atomic E-state index is 0.134. The molecule has 2 aliphatic rings. The first-order valence-electron chi connectivity index (χ1n) is 9.68. The molecule has 2 amide bonds. The summed E-state index contributed by atoms with van der Waals surface area (Å²) in [6.07, 6.45) is 5.29. The largest absolute Gasteiger partial charge is 0.381 e. The van der Waals surface area contributed by atoms with Crippen LogP contribution in [-0.2, 0) is 11.3 Å². The van der Waals surface area contributed by atoms with Crippen molar-refractivity contribution in [2.45, 2.75) is 25.8 Å². The van der Waals surface area contributed by atoms with Gasteiger partial charge in [0.1, 0.15) is 5.82 Å². The monoisotopic (exact) mass is 361 g/mol. The molecule has 2 fully saturated rings. The quantitative estimate of drug-likeness (QED) is 0.652. The summed E-state index contributed by atoms with van der Waals surface area (Å²) in [6.45, 7) is 6.83. The molecule has 7 nitrogen and oxygen atoms in total. The highest BCUT2D eigenvalue weighted by atomic mass is 16.5. The van der Waals surface area contributed by atoms with Crippen molar-refractivity contribution >= 4 is 11.8 Å². The van der Waals surface area contributed by atoms with Crippen molar-refractivity contribution in [3.63, 3.8) is 0 Å². The number of hydrogen-bond acceptors (Lipinski definition) is 5. The Morgan fingerprint density at radius 1 is 1.27 bits per heavy atom. The maximum atomic E-state index is 11.9. The Kier molecular flexibility index (Phi) is 7.08. The molecule has 0 atom stereocenters. The predicted octanol–water partition coefficient (Wildman–Crippen LogP) is 1.45. The maximum Gasteiger partial charge on any atom is 0.315 e. The molecule has 1 saturated carbocycles. The molecule has 144 valence electrons. The van der Waals surface area contributed by atoms with Crippen molar-refractivity contribution in [1.29, 1.82) is 0 Å². The van der Waals surface area contributed by atoms with Crippen LogP contribution < -0.4 is 15.5 Å². The molecule has 1 saturated heterocycles. The summed E-state index contributed by atoms with van der Waals surface area (Å²) in [7, 11) is 2.14. The van der Waals surface area contributed by atoms with Crippen LogP contribution in [0, 0.1) is 5.92 Å². The Bertz CT molecular complexity index is 571. The fourth-order valence-corrected chi connectivity index (χ4v) is 2.93. The lowest BCUT2D eigenvalue weighted by Gasteiger charge is -2.33. The molecule has 0 spiro atoms. The van der Waals surface area contributed by atoms with E-state index in [9.17, 15) is 4.79 Å². The van der Waals surface area contributed by atoms with Crippen LogP contribution in [0.5, 0.6) is 0 Å². The van der Waals surface area contributed by atoms with Crippen LogP contribution in [0.25, 0.3) is 0 Å². The van der Waals surface area contributed by atoms with E-state index in [1.807, 2.05) is 12.3 Å². The number of carbonyl (C=O) groups excluding carboxylic acids is 1. The first-order valence-corrected chi connectivity index (χ1v) is 9.68. The van der Waals surface area contributed by atoms with Gasteiger partial charge in [-0.15, -0.1) is 0 Å². The van der Waals surface area contributed by atoms with Crippen LogP contribution in [0.4, 0.5) is 10.6 Å². The topological polar surface area (TPSA) is 69.7 Å². The van der Waals surface area contributed by atoms with Crippen molar-refractivity contribution in [2.75, 3.05) is 57.9 Å². The van der Waals surface area contributed by atoms with Gasteiger partial charge in [0.25, 0.3) is 0 Å². The van der Waals surface area contributed by atoms with Crippen LogP contribution >= 0.6 is 0 Å². The third kappa shape index (κ3) is 6.46. The molecule has 7 heteroatoms. The highest BCUT2D eigenvalue weighted by molar-refractivity contribution is 5.73. The molecule has 1 aliphatic heterocycles. The number of hydrogen-bond donors (Lipinski definition) is 2. The number of carbonyl (C=O) groups is 1. The van der Waals surface area contributed by atoms with Gasteiger partial charge in [-0.1, -0.05) is 0 Å². The number of nitrogens with one attached hydrogen (secondary N) is 2. The van der Waals surface area contributed by atoms with E-state index < -0.39 is 0 Å². The Hall–Kier alpha value is -1.86. The number of aromatic nitrogens is 1. The molecule has 0 radical (unpaired) electrons. The minimum Gasteiger partial charge on any atom is -0.381 e. The van der Waals surface area contributed by atoms with Gasteiger partial charge in [0.2, 0.25) is 0 Å². The van der Waals surface area contributed by atoms with Gasteiger partial charge >= 0.3 is 6.03 Å². The van der Waals surface area contributed by atoms with Crippen molar-refractivity contribution in [2.24, 2.45) is 5.92 Å². The summed E-state index contributed by atoms with van der Waals surface area (Å²) in [5.41, 5.74) is 1.07. The number of likely N-dealkylation sites (N-methyl/N-ethyl adjacent to an activating group) is 1. The molecular weight excluding hydrogens is 330 g/mol. The van der Waals surface area contributed by atoms with Gasteiger partial charge in [0.05, 0.1) is 0 Å². The molecule has 0 unspecified atom stereocenters. The number of pyridine rings is 1. The summed E-state index contributed by atoms with van der Waals surface area (Å²) in [5, 5.41) is 5.79. The molecule has 0 aromatic carbocycles. The van der Waals surface area contributed by atoms with Gasteiger partial charge in [-0.2, -0.15) is 0 Å². The van der Waals surface area contributed by atoms with Crippen LogP contribution in [0.3, 0.4) is 0 Å². The number of rotatable bonds is 9. The molecule has 2 heterocycles. The second-order valence-electron chi connectivity index (χ2n) is 7.29. The van der Waals surface area contributed by atoms with Gasteiger partial charge in [-0.05, 0) is 49.9 Å². The summed E-state index contributed by atoms with van der Waals surface area (Å²) in [4.78, 5) is 21.0. The van der Waals surface area contributed by atoms with Crippen LogP contribution in [0.1, 0.15) is 24.8 Å². The molecule has 26 heavy (non-hydrogen) atoms. The van der Waals surface area contributed by atoms with E-state index in [1.54, 1.807) is 0 Å². The number of anilines is 1. The van der Waals surface area contributed by atoms with Crippen molar-refractivity contribution < 1.29 is 9.53 Å². The zero-order valence-electron chi connectivity index (χ0n) is 15.7. The first-order chi connectivity index (χ1) is 12.7. The standard InChI is InChI=1S/C19H31N5O2/c1-23-8-10-24(11-9-23)18-13-17(5-7-20-18)14-22-19(25)21-6-2-12-26-15-16-3-4-16/h5,7,13,16H,2-4,6,8-12,14-15H2,1H3,(H2,21,22,25). The highest BCUT2D eigenvalue weighted by Gasteiger charge is 2.20. The van der Waals surface area contributed by atoms with E-state index in [2.05, 4.69) is 38.5 Å². The van der Waals surface area contributed by atoms with E-state index in [1.165, 1.54) is 12.8 Å². The molecule has 1 aliphatic carbocycles. The minimum atomic E-state index is -0.134. The fraction of sp³-hybridized carbons (Fsp3) is 0.684. The fourth-order valence-electron chi connectivity index (χ4n) is 2.93. The molecule has 2 N–H and O–H groups in total. The maximum absolute atomic E-state index is 11.9. The number of nitrogens with zero attached hydrogens (tertiary/aromatic N) is 3. The van der Waals surface area contributed by atoms with E-state index in [4.69, 9.17) is 4.74 Å². The zero-order chi connectivity index (χ0) is 18.2. The van der Waals surface area contributed by atoms with E-state index in [-0.39, 0.29) is 6.03 Å². The lowest BCUT2D eigenvalue weighted by molar-refractivity contribution is 0.122. The third-order valence-corrected chi connectivity index (χ3v) is 4.89. The molecule has 3 rings (SSSR count). The average molecular weight is 361 g/mol. The highest BCUT2D eigenvalue weighted by Crippen LogP contribution is 2.28. The first kappa shape index (κ1) is 18.9. The number of ether oxygens (including phenoxy) is 1. The number of amides is 2. The van der Waals surface area contributed by atoms with Crippen LogP contribution in [-0.4, -0.2) is 68.9 Å². The second kappa shape index (κ2) is 9.73. The van der Waals surface area contributed by atoms with Gasteiger partial charge in [-0.3, -0.25) is 0 Å². The Labute approximate surface area is 156 Å². The van der Waals surface area contributed by atoms with Crippen molar-refractivity contribution in [1.82, 2.24) is 20.5 Å². The molecular formula is C19H31N5O2. The van der Waals surface area contributed by atoms with Crippen molar-refractivity contribution in [3.8, 4) is 0 Å². The molecule has 1 aromatic heterocycles. The number of urea groups is 1. The van der Waals surface area contributed by atoms with Gasteiger partial charge in [0.15, 0.2) is 0 Å². The Balaban J connectivity index is 1.32. The lowest BCUT2D eigenvalue weighted by Crippen LogP contribution is -2.44. The van der Waals surface area contributed by atoms with E-state index in [0.29, 0.717) is 13.1 Å². The van der Waals surface area contributed by atoms with Gasteiger partial charge in [-0.25, -0.2) is 9.78 Å². The third-order valence-electron chi connectivity index (χ3n) is 4.89. The summed E-state index contributed by atoms with van der Waals surface area (Å²) >= 11 is 0. The van der Waals surface area contributed by atoms with Gasteiger partial charge in [0, 0.05) is 58.7 Å². The normalized spacial score (nSPS) is 18.0. The second-order valence-corrected chi connectivity index (χ2v) is 7.29. The van der Waals surface area contributed by atoms with Gasteiger partial charge < -0.3 is 25.2 Å². The smallest absolute Gasteiger partial charge is 0.315 e. The molecule has 1 aromatic rings. The van der Waals surface area contributed by atoms with Crippen LogP contribution in [0.2, 0.25) is 0 Å². The summed E-state index contributed by atoms with van der Waals surface area (Å²) < 4.78 is 5.56. The van der Waals surface area contributed by atoms with Crippen molar-refractivity contribution in [3.05, 3.63) is 23.9 Å². The summed E-state index contributed by atoms with van der Waals surface area (Å²) in [5.74, 6) is 1.79. The van der Waals surface area contributed by atoms with E-state index >= 15 is 0 Å². The molecule has 0 bridgehead atoms. The Morgan fingerprint density at radius 3 is 2.85 bits per heavy atom. The lowest BCUT2D eigenvalue weighted by atomic mass is 10.2. The zero-order valence-corrected chi connectivity index (χ0v) is 15.7. The predicted molar refractivity (Wildman–Crippen MR) is 102 cm³/mol. The Morgan fingerprint density at radius 2 is 2.08 bits per heavy atom. The summed E-state index contributed by atoms with van der Waals surface area (Å²) in [6, 6.07) is 3.88. The average Bonchev–Trinajstić information content (AvgIpc) is 3.48. The number of piperazine rings is 1.